The van der Waals surface area contributed by atoms with Crippen LogP contribution in [0.4, 0.5) is 10.1 Å². The average Bonchev–Trinajstić information content (AvgIpc) is 2.76. The maximum Gasteiger partial charge on any atom is 0.266 e. The van der Waals surface area contributed by atoms with Crippen LogP contribution in [0.2, 0.25) is 0 Å². The molecule has 0 spiro atoms. The minimum Gasteiger partial charge on any atom is -0.452 e. The lowest BCUT2D eigenvalue weighted by molar-refractivity contribution is 0.484. The van der Waals surface area contributed by atoms with Crippen molar-refractivity contribution in [2.75, 3.05) is 4.72 Å². The Kier molecular flexibility index (Phi) is 4.17. The molecular formula is C12H12BrFN2O3S. The molecule has 0 atom stereocenters. The van der Waals surface area contributed by atoms with Crippen molar-refractivity contribution in [2.45, 2.75) is 18.4 Å². The molecule has 0 aliphatic heterocycles. The Morgan fingerprint density at radius 1 is 1.40 bits per heavy atom. The summed E-state index contributed by atoms with van der Waals surface area (Å²) in [5, 5.41) is 0. The van der Waals surface area contributed by atoms with E-state index in [1.165, 1.54) is 18.2 Å². The van der Waals surface area contributed by atoms with E-state index in [9.17, 15) is 12.8 Å². The Hall–Kier alpha value is -1.38. The molecule has 0 amide bonds. The molecule has 3 N–H and O–H groups in total. The highest BCUT2D eigenvalue weighted by atomic mass is 79.9. The standard InChI is InChI=1S/C12H12BrFN2O3S/c1-7-2-3-8(14)4-10(7)16-20(17,18)11-5-9(6-15)19-12(11)13/h2-5,16H,6,15H2,1H3. The number of sulfonamides is 1. The molecule has 20 heavy (non-hydrogen) atoms. The highest BCUT2D eigenvalue weighted by molar-refractivity contribution is 9.10. The number of nitrogens with two attached hydrogens (primary N) is 1. The number of benzene rings is 1. The predicted molar refractivity (Wildman–Crippen MR) is 76.2 cm³/mol. The highest BCUT2D eigenvalue weighted by Crippen LogP contribution is 2.28. The lowest BCUT2D eigenvalue weighted by atomic mass is 10.2. The number of anilines is 1. The summed E-state index contributed by atoms with van der Waals surface area (Å²) in [4.78, 5) is -0.0818. The molecule has 1 aromatic carbocycles. The van der Waals surface area contributed by atoms with Crippen LogP contribution < -0.4 is 10.5 Å². The van der Waals surface area contributed by atoms with Crippen molar-refractivity contribution in [2.24, 2.45) is 5.73 Å². The first-order chi connectivity index (χ1) is 9.33. The van der Waals surface area contributed by atoms with Gasteiger partial charge in [0.25, 0.3) is 10.0 Å². The molecule has 5 nitrogen and oxygen atoms in total. The van der Waals surface area contributed by atoms with Gasteiger partial charge >= 0.3 is 0 Å². The minimum absolute atomic E-state index is 0.0551. The predicted octanol–water partition coefficient (Wildman–Crippen LogP) is 2.75. The van der Waals surface area contributed by atoms with E-state index < -0.39 is 15.8 Å². The zero-order chi connectivity index (χ0) is 14.9. The van der Waals surface area contributed by atoms with Gasteiger partial charge in [0.2, 0.25) is 0 Å². The SMILES string of the molecule is Cc1ccc(F)cc1NS(=O)(=O)c1cc(CN)oc1Br. The number of hydrogen-bond acceptors (Lipinski definition) is 4. The van der Waals surface area contributed by atoms with Gasteiger partial charge in [0.15, 0.2) is 4.67 Å². The molecule has 0 bridgehead atoms. The number of aryl methyl sites for hydroxylation is 1. The monoisotopic (exact) mass is 362 g/mol. The number of rotatable bonds is 4. The lowest BCUT2D eigenvalue weighted by Crippen LogP contribution is -2.13. The molecule has 0 saturated heterocycles. The number of halogens is 2. The van der Waals surface area contributed by atoms with E-state index in [0.717, 1.165) is 6.07 Å². The largest absolute Gasteiger partial charge is 0.452 e. The van der Waals surface area contributed by atoms with E-state index in [1.54, 1.807) is 6.92 Å². The zero-order valence-corrected chi connectivity index (χ0v) is 12.9. The fourth-order valence-corrected chi connectivity index (χ4v) is 3.71. The van der Waals surface area contributed by atoms with Crippen molar-refractivity contribution in [1.82, 2.24) is 0 Å². The summed E-state index contributed by atoms with van der Waals surface area (Å²) in [7, 11) is -3.89. The Balaban J connectivity index is 2.40. The molecule has 1 aromatic heterocycles. The van der Waals surface area contributed by atoms with Crippen LogP contribution in [0.3, 0.4) is 0 Å². The molecule has 0 aliphatic rings. The van der Waals surface area contributed by atoms with Crippen LogP contribution >= 0.6 is 15.9 Å². The third-order valence-electron chi connectivity index (χ3n) is 2.64. The summed E-state index contributed by atoms with van der Waals surface area (Å²) < 4.78 is 45.2. The molecule has 0 unspecified atom stereocenters. The third-order valence-corrected chi connectivity index (χ3v) is 4.86. The molecule has 0 fully saturated rings. The summed E-state index contributed by atoms with van der Waals surface area (Å²) in [5.74, 6) is -0.199. The topological polar surface area (TPSA) is 85.3 Å². The maximum atomic E-state index is 13.2. The van der Waals surface area contributed by atoms with Crippen LogP contribution in [0.25, 0.3) is 0 Å². The second-order valence-electron chi connectivity index (χ2n) is 4.12. The second-order valence-corrected chi connectivity index (χ2v) is 6.49. The lowest BCUT2D eigenvalue weighted by Gasteiger charge is -2.09. The van der Waals surface area contributed by atoms with Crippen LogP contribution in [0, 0.1) is 12.7 Å². The van der Waals surface area contributed by atoms with Crippen LogP contribution in [0.5, 0.6) is 0 Å². The molecule has 0 aliphatic carbocycles. The molecule has 108 valence electrons. The van der Waals surface area contributed by atoms with Crippen molar-refractivity contribution in [1.29, 1.82) is 0 Å². The van der Waals surface area contributed by atoms with E-state index in [-0.39, 0.29) is 21.8 Å². The van der Waals surface area contributed by atoms with Crippen LogP contribution in [0.15, 0.2) is 38.2 Å². The van der Waals surface area contributed by atoms with Crippen molar-refractivity contribution in [3.8, 4) is 0 Å². The first-order valence-electron chi connectivity index (χ1n) is 5.60. The summed E-state index contributed by atoms with van der Waals surface area (Å²) in [6.07, 6.45) is 0. The molecule has 1 heterocycles. The van der Waals surface area contributed by atoms with Gasteiger partial charge in [-0.15, -0.1) is 0 Å². The van der Waals surface area contributed by atoms with Gasteiger partial charge in [-0.3, -0.25) is 4.72 Å². The molecular weight excluding hydrogens is 351 g/mol. The van der Waals surface area contributed by atoms with Crippen LogP contribution in [-0.4, -0.2) is 8.42 Å². The van der Waals surface area contributed by atoms with E-state index in [4.69, 9.17) is 10.2 Å². The summed E-state index contributed by atoms with van der Waals surface area (Å²) in [5.41, 5.74) is 6.17. The maximum absolute atomic E-state index is 13.2. The van der Waals surface area contributed by atoms with Gasteiger partial charge < -0.3 is 10.2 Å². The van der Waals surface area contributed by atoms with Gasteiger partial charge in [-0.05, 0) is 40.5 Å². The fourth-order valence-electron chi connectivity index (χ4n) is 1.59. The smallest absolute Gasteiger partial charge is 0.266 e. The van der Waals surface area contributed by atoms with Gasteiger partial charge in [-0.1, -0.05) is 6.07 Å². The van der Waals surface area contributed by atoms with E-state index in [1.807, 2.05) is 0 Å². The fraction of sp³-hybridized carbons (Fsp3) is 0.167. The molecule has 8 heteroatoms. The molecule has 0 radical (unpaired) electrons. The Morgan fingerprint density at radius 3 is 2.70 bits per heavy atom. The molecule has 0 saturated carbocycles. The number of nitrogens with one attached hydrogen (secondary N) is 1. The number of furan rings is 1. The second kappa shape index (κ2) is 5.55. The van der Waals surface area contributed by atoms with E-state index in [0.29, 0.717) is 11.3 Å². The zero-order valence-electron chi connectivity index (χ0n) is 10.5. The van der Waals surface area contributed by atoms with Gasteiger partial charge in [0, 0.05) is 6.07 Å². The minimum atomic E-state index is -3.89. The van der Waals surface area contributed by atoms with Gasteiger partial charge in [0.05, 0.1) is 12.2 Å². The molecule has 2 rings (SSSR count). The number of hydrogen-bond donors (Lipinski definition) is 2. The van der Waals surface area contributed by atoms with Crippen molar-refractivity contribution < 1.29 is 17.2 Å². The Bertz CT molecular complexity index is 743. The van der Waals surface area contributed by atoms with Crippen LogP contribution in [-0.2, 0) is 16.6 Å². The quantitative estimate of drug-likeness (QED) is 0.875. The van der Waals surface area contributed by atoms with E-state index >= 15 is 0 Å². The Labute approximate surface area is 124 Å². The van der Waals surface area contributed by atoms with Crippen molar-refractivity contribution in [3.05, 3.63) is 46.1 Å². The van der Waals surface area contributed by atoms with Gasteiger partial charge in [-0.25, -0.2) is 12.8 Å². The highest BCUT2D eigenvalue weighted by Gasteiger charge is 2.23. The van der Waals surface area contributed by atoms with Crippen molar-refractivity contribution >= 4 is 31.6 Å². The van der Waals surface area contributed by atoms with E-state index in [2.05, 4.69) is 20.7 Å². The van der Waals surface area contributed by atoms with Gasteiger partial charge in [0.1, 0.15) is 16.5 Å². The first-order valence-corrected chi connectivity index (χ1v) is 7.88. The third kappa shape index (κ3) is 3.02. The van der Waals surface area contributed by atoms with Crippen molar-refractivity contribution in [3.63, 3.8) is 0 Å². The average molecular weight is 363 g/mol. The van der Waals surface area contributed by atoms with Gasteiger partial charge in [-0.2, -0.15) is 0 Å². The van der Waals surface area contributed by atoms with Crippen LogP contribution in [0.1, 0.15) is 11.3 Å². The molecule has 2 aromatic rings. The summed E-state index contributed by atoms with van der Waals surface area (Å²) in [6.45, 7) is 1.75. The normalized spacial score (nSPS) is 11.6. The summed E-state index contributed by atoms with van der Waals surface area (Å²) >= 11 is 3.02. The summed E-state index contributed by atoms with van der Waals surface area (Å²) in [6, 6.07) is 5.18. The Morgan fingerprint density at radius 2 is 2.10 bits per heavy atom. The first kappa shape index (κ1) is 15.0.